The Morgan fingerprint density at radius 3 is 2.64 bits per heavy atom. The average molecular weight is 297 g/mol. The van der Waals surface area contributed by atoms with Crippen molar-refractivity contribution in [1.82, 2.24) is 9.97 Å². The van der Waals surface area contributed by atoms with E-state index in [9.17, 15) is 9.59 Å². The fraction of sp³-hybridized carbons (Fsp3) is 0.125. The molecule has 0 aliphatic rings. The number of rotatable bonds is 5. The van der Waals surface area contributed by atoms with Crippen LogP contribution >= 0.6 is 0 Å². The van der Waals surface area contributed by atoms with E-state index in [1.807, 2.05) is 0 Å². The first-order valence-corrected chi connectivity index (χ1v) is 6.71. The van der Waals surface area contributed by atoms with Crippen molar-refractivity contribution in [2.75, 3.05) is 11.9 Å². The van der Waals surface area contributed by atoms with Crippen LogP contribution in [0.15, 0.2) is 48.9 Å². The standard InChI is InChI=1S/C16H15N3O3/c1-2-22-15(20)8-5-12-3-6-13(7-4-12)19-16(21)14-11-17-9-10-18-14/h3-11H,2H2,1H3,(H,19,21). The maximum Gasteiger partial charge on any atom is 0.330 e. The van der Waals surface area contributed by atoms with E-state index in [2.05, 4.69) is 15.3 Å². The highest BCUT2D eigenvalue weighted by atomic mass is 16.5. The lowest BCUT2D eigenvalue weighted by molar-refractivity contribution is -0.137. The first-order valence-electron chi connectivity index (χ1n) is 6.71. The second-order valence-electron chi connectivity index (χ2n) is 4.25. The molecule has 0 saturated carbocycles. The molecule has 22 heavy (non-hydrogen) atoms. The molecule has 1 N–H and O–H groups in total. The number of anilines is 1. The summed E-state index contributed by atoms with van der Waals surface area (Å²) in [4.78, 5) is 30.9. The van der Waals surface area contributed by atoms with E-state index in [1.54, 1.807) is 37.3 Å². The van der Waals surface area contributed by atoms with Crippen LogP contribution in [0, 0.1) is 0 Å². The van der Waals surface area contributed by atoms with Crippen molar-refractivity contribution in [3.05, 3.63) is 60.2 Å². The number of hydrogen-bond donors (Lipinski definition) is 1. The van der Waals surface area contributed by atoms with Crippen LogP contribution in [0.3, 0.4) is 0 Å². The lowest BCUT2D eigenvalue weighted by Gasteiger charge is -2.04. The van der Waals surface area contributed by atoms with Crippen LogP contribution in [0.5, 0.6) is 0 Å². The van der Waals surface area contributed by atoms with Gasteiger partial charge in [-0.1, -0.05) is 12.1 Å². The van der Waals surface area contributed by atoms with E-state index in [4.69, 9.17) is 4.74 Å². The summed E-state index contributed by atoms with van der Waals surface area (Å²) >= 11 is 0. The second kappa shape index (κ2) is 7.68. The molecule has 2 aromatic rings. The zero-order valence-electron chi connectivity index (χ0n) is 12.0. The van der Waals surface area contributed by atoms with Gasteiger partial charge in [0, 0.05) is 24.2 Å². The molecule has 0 atom stereocenters. The third-order valence-corrected chi connectivity index (χ3v) is 2.66. The SMILES string of the molecule is CCOC(=O)C=Cc1ccc(NC(=O)c2cnccn2)cc1. The maximum atomic E-state index is 11.9. The van der Waals surface area contributed by atoms with Crippen molar-refractivity contribution in [2.24, 2.45) is 0 Å². The molecule has 0 radical (unpaired) electrons. The highest BCUT2D eigenvalue weighted by Gasteiger charge is 2.06. The summed E-state index contributed by atoms with van der Waals surface area (Å²) in [5, 5.41) is 2.71. The number of nitrogens with one attached hydrogen (secondary N) is 1. The molecule has 0 unspecified atom stereocenters. The van der Waals surface area contributed by atoms with Gasteiger partial charge < -0.3 is 10.1 Å². The molecule has 0 fully saturated rings. The number of benzene rings is 1. The Hall–Kier alpha value is -3.02. The van der Waals surface area contributed by atoms with Crippen molar-refractivity contribution in [2.45, 2.75) is 6.92 Å². The molecule has 0 aliphatic carbocycles. The summed E-state index contributed by atoms with van der Waals surface area (Å²) in [6, 6.07) is 7.03. The lowest BCUT2D eigenvalue weighted by atomic mass is 10.2. The van der Waals surface area contributed by atoms with Gasteiger partial charge in [-0.3, -0.25) is 9.78 Å². The van der Waals surface area contributed by atoms with Gasteiger partial charge in [-0.2, -0.15) is 0 Å². The Bertz CT molecular complexity index is 667. The third-order valence-electron chi connectivity index (χ3n) is 2.66. The predicted octanol–water partition coefficient (Wildman–Crippen LogP) is 2.31. The fourth-order valence-electron chi connectivity index (χ4n) is 1.64. The number of nitrogens with zero attached hydrogens (tertiary/aromatic N) is 2. The number of ether oxygens (including phenoxy) is 1. The summed E-state index contributed by atoms with van der Waals surface area (Å²) in [6.45, 7) is 2.09. The Morgan fingerprint density at radius 2 is 2.00 bits per heavy atom. The monoisotopic (exact) mass is 297 g/mol. The topological polar surface area (TPSA) is 81.2 Å². The van der Waals surface area contributed by atoms with Crippen LogP contribution < -0.4 is 5.32 Å². The molecule has 0 saturated heterocycles. The number of aromatic nitrogens is 2. The first kappa shape index (κ1) is 15.4. The van der Waals surface area contributed by atoms with E-state index in [0.717, 1.165) is 5.56 Å². The van der Waals surface area contributed by atoms with E-state index in [-0.39, 0.29) is 17.6 Å². The van der Waals surface area contributed by atoms with Crippen LogP contribution in [0.25, 0.3) is 6.08 Å². The van der Waals surface area contributed by atoms with Crippen molar-refractivity contribution < 1.29 is 14.3 Å². The molecule has 1 aromatic carbocycles. The van der Waals surface area contributed by atoms with Crippen LogP contribution in [-0.4, -0.2) is 28.5 Å². The minimum absolute atomic E-state index is 0.244. The molecule has 0 spiro atoms. The number of esters is 1. The number of carbonyl (C=O) groups is 2. The highest BCUT2D eigenvalue weighted by molar-refractivity contribution is 6.02. The van der Waals surface area contributed by atoms with Gasteiger partial charge in [-0.15, -0.1) is 0 Å². The molecule has 2 rings (SSSR count). The lowest BCUT2D eigenvalue weighted by Crippen LogP contribution is -2.13. The zero-order chi connectivity index (χ0) is 15.8. The predicted molar refractivity (Wildman–Crippen MR) is 82.1 cm³/mol. The normalized spacial score (nSPS) is 10.4. The van der Waals surface area contributed by atoms with Gasteiger partial charge in [-0.25, -0.2) is 9.78 Å². The van der Waals surface area contributed by atoms with Crippen LogP contribution in [0.2, 0.25) is 0 Å². The first-order chi connectivity index (χ1) is 10.7. The quantitative estimate of drug-likeness (QED) is 0.676. The number of amides is 1. The molecule has 6 heteroatoms. The van der Waals surface area contributed by atoms with Crippen molar-refractivity contribution in [3.63, 3.8) is 0 Å². The van der Waals surface area contributed by atoms with Crippen LogP contribution in [0.1, 0.15) is 23.0 Å². The van der Waals surface area contributed by atoms with Crippen molar-refractivity contribution in [3.8, 4) is 0 Å². The van der Waals surface area contributed by atoms with Gasteiger partial charge in [0.05, 0.1) is 12.8 Å². The second-order valence-corrected chi connectivity index (χ2v) is 4.25. The molecule has 6 nitrogen and oxygen atoms in total. The van der Waals surface area contributed by atoms with Crippen LogP contribution in [-0.2, 0) is 9.53 Å². The van der Waals surface area contributed by atoms with Gasteiger partial charge in [0.2, 0.25) is 0 Å². The minimum atomic E-state index is -0.387. The van der Waals surface area contributed by atoms with E-state index < -0.39 is 0 Å². The summed E-state index contributed by atoms with van der Waals surface area (Å²) in [5.74, 6) is -0.717. The Kier molecular flexibility index (Phi) is 5.37. The highest BCUT2D eigenvalue weighted by Crippen LogP contribution is 2.11. The Morgan fingerprint density at radius 1 is 1.23 bits per heavy atom. The molecule has 1 heterocycles. The molecule has 0 bridgehead atoms. The molecule has 0 aliphatic heterocycles. The number of carbonyl (C=O) groups excluding carboxylic acids is 2. The fourth-order valence-corrected chi connectivity index (χ4v) is 1.64. The van der Waals surface area contributed by atoms with Crippen molar-refractivity contribution >= 4 is 23.6 Å². The van der Waals surface area contributed by atoms with Crippen molar-refractivity contribution in [1.29, 1.82) is 0 Å². The molecule has 1 aromatic heterocycles. The van der Waals surface area contributed by atoms with E-state index in [0.29, 0.717) is 12.3 Å². The van der Waals surface area contributed by atoms with Gasteiger partial charge in [0.25, 0.3) is 5.91 Å². The average Bonchev–Trinajstić information content (AvgIpc) is 2.55. The smallest absolute Gasteiger partial charge is 0.330 e. The maximum absolute atomic E-state index is 11.9. The third kappa shape index (κ3) is 4.52. The van der Waals surface area contributed by atoms with Gasteiger partial charge in [-0.05, 0) is 30.7 Å². The zero-order valence-corrected chi connectivity index (χ0v) is 12.0. The summed E-state index contributed by atoms with van der Waals surface area (Å²) in [6.07, 6.45) is 7.36. The van der Waals surface area contributed by atoms with Gasteiger partial charge in [0.1, 0.15) is 5.69 Å². The number of hydrogen-bond acceptors (Lipinski definition) is 5. The largest absolute Gasteiger partial charge is 0.463 e. The molecule has 1 amide bonds. The van der Waals surface area contributed by atoms with E-state index >= 15 is 0 Å². The summed E-state index contributed by atoms with van der Waals surface area (Å²) in [7, 11) is 0. The Balaban J connectivity index is 1.97. The molecular formula is C16H15N3O3. The Labute approximate surface area is 127 Å². The van der Waals surface area contributed by atoms with Gasteiger partial charge in [0.15, 0.2) is 0 Å². The van der Waals surface area contributed by atoms with Gasteiger partial charge >= 0.3 is 5.97 Å². The summed E-state index contributed by atoms with van der Waals surface area (Å²) < 4.78 is 4.79. The summed E-state index contributed by atoms with van der Waals surface area (Å²) in [5.41, 5.74) is 1.70. The molecule has 112 valence electrons. The molecular weight excluding hydrogens is 282 g/mol. The van der Waals surface area contributed by atoms with E-state index in [1.165, 1.54) is 24.7 Å². The minimum Gasteiger partial charge on any atom is -0.463 e. The van der Waals surface area contributed by atoms with Crippen LogP contribution in [0.4, 0.5) is 5.69 Å².